The third kappa shape index (κ3) is 26.0. The summed E-state index contributed by atoms with van der Waals surface area (Å²) >= 11 is 0. The third-order valence-corrected chi connectivity index (χ3v) is 19.0. The zero-order valence-electron chi connectivity index (χ0n) is 61.6. The minimum absolute atomic E-state index is 0.0386. The molecular formula is C91H102O16. The van der Waals surface area contributed by atoms with E-state index in [1.54, 1.807) is 0 Å². The van der Waals surface area contributed by atoms with Gasteiger partial charge in [0.2, 0.25) is 0 Å². The summed E-state index contributed by atoms with van der Waals surface area (Å²) in [4.78, 5) is 24.0. The topological polar surface area (TPSA) is 174 Å². The fourth-order valence-electron chi connectivity index (χ4n) is 13.1. The van der Waals surface area contributed by atoms with Gasteiger partial charge < -0.3 is 71.5 Å². The Morgan fingerprint density at radius 2 is 0.692 bits per heavy atom. The minimum atomic E-state index is -0.647. The van der Waals surface area contributed by atoms with Crippen molar-refractivity contribution in [2.75, 3.05) is 26.4 Å². The zero-order chi connectivity index (χ0) is 74.0. The molecule has 0 saturated carbocycles. The van der Waals surface area contributed by atoms with Gasteiger partial charge in [-0.1, -0.05) is 269 Å². The van der Waals surface area contributed by atoms with Crippen molar-refractivity contribution in [3.63, 3.8) is 0 Å². The molecule has 12 atom stereocenters. The van der Waals surface area contributed by atoms with E-state index >= 15 is 0 Å². The molecule has 2 aliphatic heterocycles. The molecule has 16 nitrogen and oxygen atoms in total. The molecule has 0 aromatic heterocycles. The van der Waals surface area contributed by atoms with Crippen molar-refractivity contribution in [1.82, 2.24) is 0 Å². The molecule has 8 unspecified atom stereocenters. The molecule has 562 valence electrons. The summed E-state index contributed by atoms with van der Waals surface area (Å²) in [7, 11) is 0. The quantitative estimate of drug-likeness (QED) is 0.0358. The number of carbonyl (C=O) groups is 2. The van der Waals surface area contributed by atoms with Crippen molar-refractivity contribution >= 4 is 33.3 Å². The molecule has 0 radical (unpaired) electrons. The average molecular weight is 1450 g/mol. The fourth-order valence-corrected chi connectivity index (χ4v) is 13.1. The van der Waals surface area contributed by atoms with Crippen molar-refractivity contribution in [1.29, 1.82) is 0 Å². The summed E-state index contributed by atoms with van der Waals surface area (Å²) < 4.78 is 84.2. The second-order valence-corrected chi connectivity index (χ2v) is 27.2. The van der Waals surface area contributed by atoms with E-state index < -0.39 is 67.4 Å². The molecule has 12 rings (SSSR count). The molecule has 0 aliphatic carbocycles. The average Bonchev–Trinajstić information content (AvgIpc) is 1.79. The number of ketones is 1. The van der Waals surface area contributed by atoms with Crippen LogP contribution in [0.1, 0.15) is 104 Å². The lowest BCUT2D eigenvalue weighted by molar-refractivity contribution is -0.205. The Bertz CT molecular complexity index is 4160. The van der Waals surface area contributed by atoms with Crippen LogP contribution in [0.2, 0.25) is 0 Å². The van der Waals surface area contributed by atoms with Crippen LogP contribution in [-0.2, 0) is 124 Å². The van der Waals surface area contributed by atoms with E-state index in [1.807, 2.05) is 220 Å². The van der Waals surface area contributed by atoms with Gasteiger partial charge in [0.05, 0.1) is 104 Å². The summed E-state index contributed by atoms with van der Waals surface area (Å²) in [5, 5.41) is 15.2. The lowest BCUT2D eigenvalue weighted by Crippen LogP contribution is -2.47. The van der Waals surface area contributed by atoms with Crippen LogP contribution in [0.25, 0.3) is 21.5 Å². The summed E-state index contributed by atoms with van der Waals surface area (Å²) in [6.45, 7) is 9.05. The minimum Gasteiger partial charge on any atom is -0.459 e. The SMILES string of the molecule is CC[C@H]1O[C@@H](OCC(OCc2ccccc2)C(OCc2ccccc2)C(COCc2ccc3ccccc3c2)OCc2ccccc2)CC1O.CC[C@H]1O[C@@H](OCC(OCc2ccccc2)C(OCc2ccccc2)C(COCc2ccc3ccccc3c2)OCc2ccccc2)CC1OC(=O)CCC(C)=O. The molecular weight excluding hydrogens is 1350 g/mol. The molecule has 1 N–H and O–H groups in total. The Morgan fingerprint density at radius 3 is 1.05 bits per heavy atom. The number of Topliss-reactive ketones (excluding diaryl/α,β-unsaturated/α-hetero) is 1. The van der Waals surface area contributed by atoms with E-state index in [1.165, 1.54) is 23.1 Å². The Balaban J connectivity index is 0.000000215. The van der Waals surface area contributed by atoms with Crippen LogP contribution in [0.4, 0.5) is 0 Å². The van der Waals surface area contributed by atoms with Gasteiger partial charge in [-0.2, -0.15) is 0 Å². The molecule has 16 heteroatoms. The molecule has 107 heavy (non-hydrogen) atoms. The fraction of sp³-hybridized carbons (Fsp3) is 0.363. The summed E-state index contributed by atoms with van der Waals surface area (Å²) in [5.74, 6) is -0.475. The number of carbonyl (C=O) groups excluding carboxylic acids is 2. The van der Waals surface area contributed by atoms with Gasteiger partial charge in [0, 0.05) is 19.3 Å². The first kappa shape index (κ1) is 79.4. The second-order valence-electron chi connectivity index (χ2n) is 27.2. The lowest BCUT2D eigenvalue weighted by atomic mass is 10.1. The number of aliphatic hydroxyl groups excluding tert-OH is 1. The smallest absolute Gasteiger partial charge is 0.306 e. The van der Waals surface area contributed by atoms with E-state index in [9.17, 15) is 14.7 Å². The predicted octanol–water partition coefficient (Wildman–Crippen LogP) is 17.0. The van der Waals surface area contributed by atoms with Gasteiger partial charge in [-0.15, -0.1) is 0 Å². The van der Waals surface area contributed by atoms with Gasteiger partial charge in [-0.3, -0.25) is 4.79 Å². The van der Waals surface area contributed by atoms with Crippen LogP contribution >= 0.6 is 0 Å². The Kier molecular flexibility index (Phi) is 32.2. The van der Waals surface area contributed by atoms with Gasteiger partial charge in [0.25, 0.3) is 0 Å². The number of ether oxygens (including phenoxy) is 13. The number of aliphatic hydroxyl groups is 1. The van der Waals surface area contributed by atoms with Crippen molar-refractivity contribution in [2.45, 2.75) is 186 Å². The van der Waals surface area contributed by atoms with E-state index in [4.69, 9.17) is 61.6 Å². The van der Waals surface area contributed by atoms with Gasteiger partial charge in [0.15, 0.2) is 12.6 Å². The highest BCUT2D eigenvalue weighted by molar-refractivity contribution is 5.84. The number of benzene rings is 10. The van der Waals surface area contributed by atoms with Crippen molar-refractivity contribution < 1.29 is 76.3 Å². The molecule has 2 aliphatic rings. The summed E-state index contributed by atoms with van der Waals surface area (Å²) in [5.41, 5.74) is 8.27. The lowest BCUT2D eigenvalue weighted by Gasteiger charge is -2.34. The molecule has 2 heterocycles. The van der Waals surface area contributed by atoms with E-state index in [0.717, 1.165) is 49.9 Å². The number of hydrogen-bond acceptors (Lipinski definition) is 16. The van der Waals surface area contributed by atoms with Gasteiger partial charge in [0.1, 0.15) is 48.5 Å². The first-order valence-corrected chi connectivity index (χ1v) is 37.5. The van der Waals surface area contributed by atoms with Crippen LogP contribution in [-0.4, -0.2) is 117 Å². The Hall–Kier alpha value is -8.66. The van der Waals surface area contributed by atoms with Crippen LogP contribution in [0.3, 0.4) is 0 Å². The van der Waals surface area contributed by atoms with E-state index in [2.05, 4.69) is 60.7 Å². The summed E-state index contributed by atoms with van der Waals surface area (Å²) in [6.07, 6.45) is -4.02. The van der Waals surface area contributed by atoms with Crippen molar-refractivity contribution in [3.05, 3.63) is 311 Å². The molecule has 2 saturated heterocycles. The first-order valence-electron chi connectivity index (χ1n) is 37.5. The monoisotopic (exact) mass is 1450 g/mol. The maximum atomic E-state index is 12.6. The molecule has 2 fully saturated rings. The molecule has 10 aromatic rings. The van der Waals surface area contributed by atoms with Crippen LogP contribution < -0.4 is 0 Å². The molecule has 0 bridgehead atoms. The Labute approximate surface area is 630 Å². The zero-order valence-corrected chi connectivity index (χ0v) is 61.6. The second kappa shape index (κ2) is 43.4. The van der Waals surface area contributed by atoms with E-state index in [0.29, 0.717) is 78.5 Å². The van der Waals surface area contributed by atoms with Gasteiger partial charge in [-0.25, -0.2) is 0 Å². The highest BCUT2D eigenvalue weighted by Crippen LogP contribution is 2.31. The predicted molar refractivity (Wildman–Crippen MR) is 412 cm³/mol. The molecule has 0 amide bonds. The van der Waals surface area contributed by atoms with Gasteiger partial charge in [-0.05, 0) is 98.0 Å². The van der Waals surface area contributed by atoms with Crippen LogP contribution in [0.15, 0.2) is 267 Å². The van der Waals surface area contributed by atoms with Crippen LogP contribution in [0, 0.1) is 0 Å². The number of esters is 1. The molecule has 10 aromatic carbocycles. The third-order valence-electron chi connectivity index (χ3n) is 19.0. The van der Waals surface area contributed by atoms with Gasteiger partial charge >= 0.3 is 5.97 Å². The standard InChI is InChI=1S/C48H54O9.C43H48O7/c1-3-42-43(56-46(50)26-23-35(2)49)28-47(57-42)54-34-45(53-31-37-17-9-5-10-18-37)48(55-32-38-19-11-6-12-20-38)44(52-30-36-15-7-4-8-16-36)33-51-29-39-24-25-40-21-13-14-22-41(40)27-39;1-2-39-38(44)25-42(50-39)48-31-41(47-28-33-16-8-4-9-17-33)43(49-29-34-18-10-5-11-19-34)40(46-27-32-14-6-3-7-15-32)30-45-26-35-22-23-36-20-12-13-21-37(36)24-35/h4-22,24-25,27,42-45,47-48H,3,23,26,28-34H2,1-2H3;3-24,38-44H,2,25-31H2,1H3/t42-,43?,44?,45?,47-,48?;38?,39-,40?,41?,42-,43?/m11/s1. The first-order chi connectivity index (χ1) is 52.6. The van der Waals surface area contributed by atoms with E-state index in [-0.39, 0.29) is 57.3 Å². The normalized spacial score (nSPS) is 18.8. The largest absolute Gasteiger partial charge is 0.459 e. The maximum absolute atomic E-state index is 12.6. The highest BCUT2D eigenvalue weighted by Gasteiger charge is 2.41. The highest BCUT2D eigenvalue weighted by atomic mass is 16.7. The molecule has 0 spiro atoms. The number of hydrogen-bond donors (Lipinski definition) is 1. The number of fused-ring (bicyclic) bond motifs is 2. The van der Waals surface area contributed by atoms with Crippen LogP contribution in [0.5, 0.6) is 0 Å². The summed E-state index contributed by atoms with van der Waals surface area (Å²) in [6, 6.07) is 89.6. The van der Waals surface area contributed by atoms with Crippen molar-refractivity contribution in [2.24, 2.45) is 0 Å². The van der Waals surface area contributed by atoms with Crippen molar-refractivity contribution in [3.8, 4) is 0 Å². The number of rotatable bonds is 42. The Morgan fingerprint density at radius 1 is 0.364 bits per heavy atom. The maximum Gasteiger partial charge on any atom is 0.306 e.